The third-order valence-electron chi connectivity index (χ3n) is 8.24. The zero-order valence-electron chi connectivity index (χ0n) is 25.7. The van der Waals surface area contributed by atoms with Crippen LogP contribution in [0.4, 0.5) is 22.7 Å². The summed E-state index contributed by atoms with van der Waals surface area (Å²) < 4.78 is 31.9. The fraction of sp³-hybridized carbons (Fsp3) is 0.114. The highest BCUT2D eigenvalue weighted by molar-refractivity contribution is 7.85. The summed E-state index contributed by atoms with van der Waals surface area (Å²) in [6.45, 7) is 3.73. The lowest BCUT2D eigenvalue weighted by Crippen LogP contribution is -2.36. The molecule has 0 spiro atoms. The number of hydrogen-bond donors (Lipinski definition) is 6. The van der Waals surface area contributed by atoms with Crippen LogP contribution >= 0.6 is 0 Å². The van der Waals surface area contributed by atoms with Crippen molar-refractivity contribution in [3.8, 4) is 28.4 Å². The van der Waals surface area contributed by atoms with Gasteiger partial charge in [-0.05, 0) is 96.6 Å². The van der Waals surface area contributed by atoms with Gasteiger partial charge >= 0.3 is 0 Å². The van der Waals surface area contributed by atoms with E-state index in [0.29, 0.717) is 33.5 Å². The molecule has 244 valence electrons. The van der Waals surface area contributed by atoms with Gasteiger partial charge in [-0.2, -0.15) is 8.42 Å². The van der Waals surface area contributed by atoms with E-state index in [9.17, 15) is 33.1 Å². The van der Waals surface area contributed by atoms with Crippen molar-refractivity contribution >= 4 is 55.6 Å². The molecule has 12 nitrogen and oxygen atoms in total. The molecule has 1 saturated heterocycles. The maximum absolute atomic E-state index is 13.2. The molecule has 0 aromatic heterocycles. The quantitative estimate of drug-likeness (QED) is 0.0619. The second kappa shape index (κ2) is 12.4. The number of hydrazine groups is 1. The van der Waals surface area contributed by atoms with Crippen LogP contribution in [-0.2, 0) is 14.9 Å². The molecule has 7 N–H and O–H groups in total. The first-order chi connectivity index (χ1) is 22.8. The fourth-order valence-corrected chi connectivity index (χ4v) is 6.05. The Bertz CT molecular complexity index is 2250. The second-order valence-corrected chi connectivity index (χ2v) is 12.9. The molecule has 0 saturated carbocycles. The molecule has 0 aliphatic carbocycles. The maximum atomic E-state index is 13.2. The fourth-order valence-electron chi connectivity index (χ4n) is 5.57. The van der Waals surface area contributed by atoms with Crippen molar-refractivity contribution in [2.24, 2.45) is 16.1 Å². The first-order valence-corrected chi connectivity index (χ1v) is 16.2. The van der Waals surface area contributed by atoms with Crippen LogP contribution in [0, 0.1) is 12.8 Å². The number of nitrogens with two attached hydrogens (primary N) is 1. The summed E-state index contributed by atoms with van der Waals surface area (Å²) in [7, 11) is -4.37. The number of carbonyl (C=O) groups is 1. The summed E-state index contributed by atoms with van der Waals surface area (Å²) >= 11 is 0. The number of nitrogens with zero attached hydrogens (tertiary/aromatic N) is 3. The van der Waals surface area contributed by atoms with Gasteiger partial charge in [-0.3, -0.25) is 9.35 Å². The molecule has 1 aliphatic rings. The molecular weight excluding hydrogens is 634 g/mol. The number of nitrogen functional groups attached to an aromatic ring is 1. The first-order valence-electron chi connectivity index (χ1n) is 14.8. The summed E-state index contributed by atoms with van der Waals surface area (Å²) in [5, 5.41) is 43.0. The number of fused-ring (bicyclic) bond motifs is 1. The molecule has 0 bridgehead atoms. The zero-order chi connectivity index (χ0) is 34.3. The number of nitrogens with one attached hydrogen (secondary N) is 1. The smallest absolute Gasteiger partial charge is 0.294 e. The number of aryl methyl sites for hydroxylation is 1. The van der Waals surface area contributed by atoms with Crippen molar-refractivity contribution in [2.75, 3.05) is 10.7 Å². The molecule has 1 fully saturated rings. The number of anilines is 2. The van der Waals surface area contributed by atoms with Crippen LogP contribution < -0.4 is 16.2 Å². The van der Waals surface area contributed by atoms with Gasteiger partial charge < -0.3 is 21.1 Å². The SMILES string of the molecule is Cc1ccc(N)c2c(O)c(N=Nc3ccc(-c4ccc(O)c(/C=C/C5C(=O)N(c6ccc(S(=O)(=O)O)cc6)NC5C)c4)cc3O)ccc12. The number of aromatic hydroxyl groups is 3. The normalized spacial score (nSPS) is 16.9. The van der Waals surface area contributed by atoms with Gasteiger partial charge in [0.15, 0.2) is 5.75 Å². The number of rotatable bonds is 7. The highest BCUT2D eigenvalue weighted by Crippen LogP contribution is 2.41. The van der Waals surface area contributed by atoms with Crippen molar-refractivity contribution in [3.63, 3.8) is 0 Å². The van der Waals surface area contributed by atoms with E-state index in [1.807, 2.05) is 19.9 Å². The minimum Gasteiger partial charge on any atom is -0.507 e. The summed E-state index contributed by atoms with van der Waals surface area (Å²) in [5.41, 5.74) is 13.0. The van der Waals surface area contributed by atoms with E-state index < -0.39 is 16.0 Å². The van der Waals surface area contributed by atoms with E-state index in [1.165, 1.54) is 41.4 Å². The molecule has 1 aliphatic heterocycles. The van der Waals surface area contributed by atoms with E-state index >= 15 is 0 Å². The van der Waals surface area contributed by atoms with E-state index in [2.05, 4.69) is 15.7 Å². The van der Waals surface area contributed by atoms with Gasteiger partial charge in [0, 0.05) is 22.7 Å². The second-order valence-electron chi connectivity index (χ2n) is 11.4. The molecule has 2 atom stereocenters. The van der Waals surface area contributed by atoms with Gasteiger partial charge in [0.25, 0.3) is 10.1 Å². The number of phenols is 3. The Labute approximate surface area is 275 Å². The largest absolute Gasteiger partial charge is 0.507 e. The van der Waals surface area contributed by atoms with Crippen LogP contribution in [0.15, 0.2) is 106 Å². The van der Waals surface area contributed by atoms with Crippen molar-refractivity contribution in [2.45, 2.75) is 24.8 Å². The topological polar surface area (TPSA) is 198 Å². The van der Waals surface area contributed by atoms with Crippen molar-refractivity contribution in [1.82, 2.24) is 5.43 Å². The van der Waals surface area contributed by atoms with E-state index in [4.69, 9.17) is 5.73 Å². The number of phenolic OH excluding ortho intramolecular Hbond substituents is 3. The van der Waals surface area contributed by atoms with Crippen molar-refractivity contribution in [1.29, 1.82) is 0 Å². The number of benzene rings is 5. The predicted molar refractivity (Wildman–Crippen MR) is 183 cm³/mol. The monoisotopic (exact) mass is 665 g/mol. The van der Waals surface area contributed by atoms with Crippen molar-refractivity contribution in [3.05, 3.63) is 102 Å². The lowest BCUT2D eigenvalue weighted by molar-refractivity contribution is -0.119. The summed E-state index contributed by atoms with van der Waals surface area (Å²) in [4.78, 5) is 12.9. The summed E-state index contributed by atoms with van der Waals surface area (Å²) in [5.74, 6) is -1.17. The summed E-state index contributed by atoms with van der Waals surface area (Å²) in [6.07, 6.45) is 3.31. The molecule has 5 aromatic carbocycles. The number of azo groups is 1. The van der Waals surface area contributed by atoms with Gasteiger partial charge in [-0.1, -0.05) is 36.4 Å². The van der Waals surface area contributed by atoms with Crippen LogP contribution in [0.2, 0.25) is 0 Å². The Morgan fingerprint density at radius 2 is 1.52 bits per heavy atom. The zero-order valence-corrected chi connectivity index (χ0v) is 26.5. The van der Waals surface area contributed by atoms with Crippen LogP contribution in [0.1, 0.15) is 18.1 Å². The lowest BCUT2D eigenvalue weighted by atomic mass is 9.98. The minimum absolute atomic E-state index is 0.0145. The van der Waals surface area contributed by atoms with Crippen LogP contribution in [0.25, 0.3) is 28.0 Å². The predicted octanol–water partition coefficient (Wildman–Crippen LogP) is 6.75. The number of amides is 1. The Morgan fingerprint density at radius 3 is 2.23 bits per heavy atom. The third kappa shape index (κ3) is 6.17. The Balaban J connectivity index is 1.20. The van der Waals surface area contributed by atoms with Gasteiger partial charge in [0.2, 0.25) is 5.91 Å². The summed E-state index contributed by atoms with van der Waals surface area (Å²) in [6, 6.07) is 21.7. The Morgan fingerprint density at radius 1 is 0.854 bits per heavy atom. The first kappa shape index (κ1) is 32.2. The van der Waals surface area contributed by atoms with E-state index in [-0.39, 0.29) is 45.5 Å². The van der Waals surface area contributed by atoms with E-state index in [1.54, 1.807) is 54.6 Å². The van der Waals surface area contributed by atoms with Gasteiger partial charge in [0.1, 0.15) is 22.9 Å². The Kier molecular flexibility index (Phi) is 8.35. The molecule has 2 unspecified atom stereocenters. The van der Waals surface area contributed by atoms with Gasteiger partial charge in [-0.15, -0.1) is 10.2 Å². The average molecular weight is 666 g/mol. The van der Waals surface area contributed by atoms with Gasteiger partial charge in [0.05, 0.1) is 16.5 Å². The third-order valence-corrected chi connectivity index (χ3v) is 9.11. The molecule has 5 aromatic rings. The number of carbonyl (C=O) groups excluding carboxylic acids is 1. The maximum Gasteiger partial charge on any atom is 0.294 e. The Hall–Kier alpha value is -5.76. The number of hydrogen-bond acceptors (Lipinski definition) is 10. The molecule has 6 rings (SSSR count). The average Bonchev–Trinajstić information content (AvgIpc) is 3.34. The lowest BCUT2D eigenvalue weighted by Gasteiger charge is -2.16. The van der Waals surface area contributed by atoms with Crippen LogP contribution in [-0.4, -0.2) is 40.2 Å². The molecule has 1 amide bonds. The standard InChI is InChI=1S/C35H31N5O7S/c1-19-3-13-28(36)33-26(19)12-15-30(34(33)43)38-37-29-14-5-22(18-32(29)42)21-6-16-31(41)23(17-21)4-11-27-20(2)39-40(35(27)44)24-7-9-25(10-8-24)48(45,46)47/h3-18,20,27,39,41-43H,36H2,1-2H3,(H,45,46,47)/b11-4+,38-37?. The highest BCUT2D eigenvalue weighted by Gasteiger charge is 2.36. The molecule has 48 heavy (non-hydrogen) atoms. The van der Waals surface area contributed by atoms with Crippen LogP contribution in [0.5, 0.6) is 17.2 Å². The van der Waals surface area contributed by atoms with Gasteiger partial charge in [-0.25, -0.2) is 10.4 Å². The molecule has 1 heterocycles. The van der Waals surface area contributed by atoms with E-state index in [0.717, 1.165) is 10.9 Å². The van der Waals surface area contributed by atoms with Crippen LogP contribution in [0.3, 0.4) is 0 Å². The minimum atomic E-state index is -4.37. The molecule has 0 radical (unpaired) electrons. The molecule has 13 heteroatoms. The van der Waals surface area contributed by atoms with Crippen molar-refractivity contribution < 1.29 is 33.1 Å². The molecular formula is C35H31N5O7S. The highest BCUT2D eigenvalue weighted by atomic mass is 32.2.